The van der Waals surface area contributed by atoms with Crippen LogP contribution in [0.25, 0.3) is 11.3 Å². The molecule has 1 radical (unpaired) electrons. The van der Waals surface area contributed by atoms with Crippen LogP contribution < -0.4 is 0 Å². The van der Waals surface area contributed by atoms with Crippen LogP contribution >= 0.6 is 0 Å². The summed E-state index contributed by atoms with van der Waals surface area (Å²) in [4.78, 5) is 0. The summed E-state index contributed by atoms with van der Waals surface area (Å²) >= 11 is 0. The molecule has 1 aromatic carbocycles. The van der Waals surface area contributed by atoms with Gasteiger partial charge in [0.1, 0.15) is 5.69 Å². The molecule has 0 atom stereocenters. The maximum Gasteiger partial charge on any atom is 0.113 e. The molecule has 0 aliphatic heterocycles. The van der Waals surface area contributed by atoms with Crippen LogP contribution in [0.5, 0.6) is 0 Å². The van der Waals surface area contributed by atoms with Crippen molar-refractivity contribution in [2.45, 2.75) is 0 Å². The molecule has 3 heteroatoms. The molecule has 0 saturated carbocycles. The average molecular weight is 158 g/mol. The molecule has 0 fully saturated rings. The van der Waals surface area contributed by atoms with Crippen LogP contribution in [0.2, 0.25) is 0 Å². The zero-order valence-electron chi connectivity index (χ0n) is 6.49. The highest BCUT2D eigenvalue weighted by atomic mass is 15.3. The molecule has 59 valence electrons. The first-order chi connectivity index (χ1) is 5.88. The Morgan fingerprint density at radius 2 is 2.08 bits per heavy atom. The quantitative estimate of drug-likeness (QED) is 0.685. The van der Waals surface area contributed by atoms with Crippen molar-refractivity contribution in [3.63, 3.8) is 0 Å². The van der Waals surface area contributed by atoms with Gasteiger partial charge in [-0.3, -0.25) is 5.10 Å². The molecule has 0 amide bonds. The molecule has 0 aliphatic rings. The Morgan fingerprint density at radius 1 is 1.25 bits per heavy atom. The number of nitrogens with zero attached hydrogens (tertiary/aromatic N) is 2. The van der Waals surface area contributed by atoms with Gasteiger partial charge in [-0.1, -0.05) is 29.5 Å². The van der Waals surface area contributed by atoms with E-state index >= 15 is 0 Å². The number of H-pyrrole nitrogens is 1. The highest BCUT2D eigenvalue weighted by Gasteiger charge is 2.01. The smallest absolute Gasteiger partial charge is 0.113 e. The summed E-state index contributed by atoms with van der Waals surface area (Å²) in [5.41, 5.74) is 2.82. The van der Waals surface area contributed by atoms with Crippen molar-refractivity contribution in [2.24, 2.45) is 0 Å². The van der Waals surface area contributed by atoms with E-state index in [2.05, 4.69) is 22.3 Å². The summed E-state index contributed by atoms with van der Waals surface area (Å²) in [6, 6.07) is 7.83. The molecule has 2 rings (SSSR count). The Balaban J connectivity index is 2.55. The van der Waals surface area contributed by atoms with E-state index in [0.29, 0.717) is 0 Å². The highest BCUT2D eigenvalue weighted by Crippen LogP contribution is 2.18. The Morgan fingerprint density at radius 3 is 2.75 bits per heavy atom. The lowest BCUT2D eigenvalue weighted by atomic mass is 10.1. The SMILES string of the molecule is [CH2]c1ccccc1-c1c[nH]nn1. The topological polar surface area (TPSA) is 41.6 Å². The molecule has 2 aromatic rings. The molecule has 0 spiro atoms. The van der Waals surface area contributed by atoms with Crippen molar-refractivity contribution in [2.75, 3.05) is 0 Å². The van der Waals surface area contributed by atoms with E-state index in [1.54, 1.807) is 6.20 Å². The van der Waals surface area contributed by atoms with Gasteiger partial charge < -0.3 is 0 Å². The fourth-order valence-corrected chi connectivity index (χ4v) is 1.10. The number of rotatable bonds is 1. The lowest BCUT2D eigenvalue weighted by Gasteiger charge is -1.98. The van der Waals surface area contributed by atoms with Gasteiger partial charge in [0.2, 0.25) is 0 Å². The minimum Gasteiger partial charge on any atom is -0.265 e. The minimum atomic E-state index is 0.834. The number of aromatic amines is 1. The van der Waals surface area contributed by atoms with Crippen molar-refractivity contribution < 1.29 is 0 Å². The van der Waals surface area contributed by atoms with E-state index in [1.807, 2.05) is 24.3 Å². The van der Waals surface area contributed by atoms with E-state index in [0.717, 1.165) is 16.8 Å². The van der Waals surface area contributed by atoms with Gasteiger partial charge in [-0.2, -0.15) is 0 Å². The molecule has 3 nitrogen and oxygen atoms in total. The molecule has 0 bridgehead atoms. The second-order valence-electron chi connectivity index (χ2n) is 2.52. The van der Waals surface area contributed by atoms with E-state index in [9.17, 15) is 0 Å². The predicted octanol–water partition coefficient (Wildman–Crippen LogP) is 1.65. The van der Waals surface area contributed by atoms with Crippen LogP contribution in [0.15, 0.2) is 30.5 Å². The molecule has 1 heterocycles. The maximum atomic E-state index is 3.90. The van der Waals surface area contributed by atoms with Crippen molar-refractivity contribution in [1.82, 2.24) is 15.4 Å². The standard InChI is InChI=1S/C9H8N3/c1-7-4-2-3-5-8(7)9-6-10-12-11-9/h2-6H,1H2,(H,10,11,12). The van der Waals surface area contributed by atoms with Crippen molar-refractivity contribution in [1.29, 1.82) is 0 Å². The first-order valence-electron chi connectivity index (χ1n) is 3.66. The third-order valence-electron chi connectivity index (χ3n) is 1.71. The number of hydrogen-bond donors (Lipinski definition) is 1. The van der Waals surface area contributed by atoms with Crippen LogP contribution in [0.4, 0.5) is 0 Å². The van der Waals surface area contributed by atoms with Crippen LogP contribution in [0.3, 0.4) is 0 Å². The summed E-state index contributed by atoms with van der Waals surface area (Å²) in [5, 5.41) is 10.2. The Hall–Kier alpha value is -1.64. The zero-order valence-corrected chi connectivity index (χ0v) is 6.49. The first-order valence-corrected chi connectivity index (χ1v) is 3.66. The van der Waals surface area contributed by atoms with Crippen LogP contribution in [0, 0.1) is 6.92 Å². The molecule has 1 aromatic heterocycles. The minimum absolute atomic E-state index is 0.834. The van der Waals surface area contributed by atoms with E-state index in [-0.39, 0.29) is 0 Å². The largest absolute Gasteiger partial charge is 0.265 e. The second-order valence-corrected chi connectivity index (χ2v) is 2.52. The molecule has 0 aliphatic carbocycles. The van der Waals surface area contributed by atoms with Gasteiger partial charge in [-0.15, -0.1) is 5.10 Å². The average Bonchev–Trinajstić information content (AvgIpc) is 2.57. The van der Waals surface area contributed by atoms with Crippen LogP contribution in [-0.2, 0) is 0 Å². The summed E-state index contributed by atoms with van der Waals surface area (Å²) in [6.45, 7) is 3.89. The Kier molecular flexibility index (Phi) is 1.63. The third-order valence-corrected chi connectivity index (χ3v) is 1.71. The molecule has 0 saturated heterocycles. The molecular formula is C9H8N3. The van der Waals surface area contributed by atoms with Crippen molar-refractivity contribution in [3.8, 4) is 11.3 Å². The van der Waals surface area contributed by atoms with Crippen LogP contribution in [0.1, 0.15) is 5.56 Å². The predicted molar refractivity (Wildman–Crippen MR) is 46.3 cm³/mol. The van der Waals surface area contributed by atoms with E-state index < -0.39 is 0 Å². The first kappa shape index (κ1) is 7.03. The van der Waals surface area contributed by atoms with Gasteiger partial charge in [0, 0.05) is 11.8 Å². The molecule has 12 heavy (non-hydrogen) atoms. The summed E-state index contributed by atoms with van der Waals surface area (Å²) in [7, 11) is 0. The van der Waals surface area contributed by atoms with Crippen LogP contribution in [-0.4, -0.2) is 15.4 Å². The summed E-state index contributed by atoms with van der Waals surface area (Å²) in [5.74, 6) is 0. The second kappa shape index (κ2) is 2.77. The maximum absolute atomic E-state index is 3.90. The highest BCUT2D eigenvalue weighted by molar-refractivity contribution is 5.63. The summed E-state index contributed by atoms with van der Waals surface area (Å²) in [6.07, 6.45) is 1.75. The Bertz CT molecular complexity index is 365. The van der Waals surface area contributed by atoms with Gasteiger partial charge in [0.25, 0.3) is 0 Å². The monoisotopic (exact) mass is 158 g/mol. The number of hydrogen-bond acceptors (Lipinski definition) is 2. The summed E-state index contributed by atoms with van der Waals surface area (Å²) < 4.78 is 0. The lowest BCUT2D eigenvalue weighted by Crippen LogP contribution is -1.81. The van der Waals surface area contributed by atoms with Gasteiger partial charge in [0.05, 0.1) is 0 Å². The van der Waals surface area contributed by atoms with Gasteiger partial charge in [-0.05, 0) is 12.5 Å². The van der Waals surface area contributed by atoms with Gasteiger partial charge in [0.15, 0.2) is 0 Å². The number of aromatic nitrogens is 3. The normalized spacial score (nSPS) is 10.1. The fourth-order valence-electron chi connectivity index (χ4n) is 1.10. The molecular weight excluding hydrogens is 150 g/mol. The molecule has 1 N–H and O–H groups in total. The Labute approximate surface area is 70.4 Å². The van der Waals surface area contributed by atoms with Gasteiger partial charge in [-0.25, -0.2) is 0 Å². The molecule has 0 unspecified atom stereocenters. The zero-order chi connectivity index (χ0) is 8.39. The van der Waals surface area contributed by atoms with E-state index in [1.165, 1.54) is 0 Å². The third kappa shape index (κ3) is 1.09. The lowest BCUT2D eigenvalue weighted by molar-refractivity contribution is 0.942. The fraction of sp³-hybridized carbons (Fsp3) is 0. The van der Waals surface area contributed by atoms with E-state index in [4.69, 9.17) is 0 Å². The number of benzene rings is 1. The van der Waals surface area contributed by atoms with Crippen molar-refractivity contribution >= 4 is 0 Å². The van der Waals surface area contributed by atoms with Gasteiger partial charge >= 0.3 is 0 Å². The van der Waals surface area contributed by atoms with Crippen molar-refractivity contribution in [3.05, 3.63) is 42.9 Å². The number of nitrogens with one attached hydrogen (secondary N) is 1.